The number of hydrogen-bond acceptors (Lipinski definition) is 24. The normalized spacial score (nSPS) is 14.6. The molecule has 31 nitrogen and oxygen atoms in total. The smallest absolute Gasteiger partial charge is 0.341 e. The van der Waals surface area contributed by atoms with Crippen molar-refractivity contribution < 1.29 is 115 Å². The van der Waals surface area contributed by atoms with E-state index in [9.17, 15) is 81.5 Å². The molecule has 0 bridgehead atoms. The van der Waals surface area contributed by atoms with E-state index < -0.39 is 47.5 Å². The summed E-state index contributed by atoms with van der Waals surface area (Å²) in [6.45, 7) is 18.9. The maximum Gasteiger partial charge on any atom is 0.341 e. The van der Waals surface area contributed by atoms with Gasteiger partial charge in [-0.3, -0.25) is 91.5 Å². The first-order chi connectivity index (χ1) is 41.7. The molecule has 89 heavy (non-hydrogen) atoms. The van der Waals surface area contributed by atoms with Crippen LogP contribution in [0.5, 0.6) is 0 Å². The lowest BCUT2D eigenvalue weighted by Gasteiger charge is -2.14. The van der Waals surface area contributed by atoms with Gasteiger partial charge in [-0.2, -0.15) is 0 Å². The lowest BCUT2D eigenvalue weighted by molar-refractivity contribution is -0.151. The first kappa shape index (κ1) is 82.3. The van der Waals surface area contributed by atoms with Crippen molar-refractivity contribution in [1.29, 1.82) is 0 Å². The lowest BCUT2D eigenvalue weighted by Crippen LogP contribution is -2.36. The van der Waals surface area contributed by atoms with Crippen molar-refractivity contribution in [2.24, 2.45) is 11.5 Å². The quantitative estimate of drug-likeness (QED) is 0.0254. The summed E-state index contributed by atoms with van der Waals surface area (Å²) in [5, 5.41) is 19.3. The van der Waals surface area contributed by atoms with E-state index in [2.05, 4.69) is 10.1 Å². The van der Waals surface area contributed by atoms with Gasteiger partial charge in [-0.15, -0.1) is 0 Å². The van der Waals surface area contributed by atoms with E-state index in [0.29, 0.717) is 120 Å². The molecule has 5 aliphatic rings. The highest BCUT2D eigenvalue weighted by atomic mass is 16.6. The molecule has 0 spiro atoms. The molecule has 0 saturated heterocycles. The predicted molar refractivity (Wildman–Crippen MR) is 311 cm³/mol. The Labute approximate surface area is 514 Å². The van der Waals surface area contributed by atoms with Crippen molar-refractivity contribution in [2.75, 3.05) is 98.7 Å². The first-order valence-electron chi connectivity index (χ1n) is 27.7. The molecule has 31 heteroatoms. The van der Waals surface area contributed by atoms with Crippen LogP contribution in [0.25, 0.3) is 0 Å². The number of nitrogens with one attached hydrogen (secondary N) is 1. The summed E-state index contributed by atoms with van der Waals surface area (Å²) in [5.41, 5.74) is 12.1. The highest BCUT2D eigenvalue weighted by molar-refractivity contribution is 6.18. The van der Waals surface area contributed by atoms with Crippen LogP contribution in [0.15, 0.2) is 58.2 Å². The van der Waals surface area contributed by atoms with E-state index in [0.717, 1.165) is 19.6 Å². The number of ether oxygens (including phenoxy) is 5. The monoisotopic (exact) mass is 1260 g/mol. The predicted octanol–water partition coefficient (Wildman–Crippen LogP) is -0.449. The van der Waals surface area contributed by atoms with Gasteiger partial charge >= 0.3 is 23.9 Å². The van der Waals surface area contributed by atoms with Crippen LogP contribution in [0.3, 0.4) is 0 Å². The van der Waals surface area contributed by atoms with Crippen LogP contribution in [0, 0.1) is 0 Å². The molecule has 0 fully saturated rings. The third-order valence-corrected chi connectivity index (χ3v) is 11.2. The molecule has 0 aromatic carbocycles. The number of carbonyl (C=O) groups excluding carboxylic acids is 15. The number of carboxylic acid groups (broad SMARTS) is 2. The van der Waals surface area contributed by atoms with Gasteiger partial charge in [0.05, 0.1) is 65.7 Å². The van der Waals surface area contributed by atoms with Gasteiger partial charge in [0.25, 0.3) is 47.3 Å². The summed E-state index contributed by atoms with van der Waals surface area (Å²) >= 11 is 0. The van der Waals surface area contributed by atoms with Crippen LogP contribution in [0.2, 0.25) is 0 Å². The van der Waals surface area contributed by atoms with Gasteiger partial charge in [0.2, 0.25) is 5.91 Å². The molecule has 5 heterocycles. The van der Waals surface area contributed by atoms with Gasteiger partial charge in [-0.1, -0.05) is 0 Å². The molecule has 0 aliphatic carbocycles. The molecule has 5 aliphatic heterocycles. The zero-order chi connectivity index (χ0) is 68.3. The number of cyclic esters (lactones) is 2. The fraction of sp³-hybridized carbons (Fsp3) is 0.534. The lowest BCUT2D eigenvalue weighted by atomic mass is 10.3. The molecule has 0 aromatic heterocycles. The van der Waals surface area contributed by atoms with Gasteiger partial charge in [0.1, 0.15) is 23.1 Å². The second-order valence-corrected chi connectivity index (χ2v) is 19.2. The minimum atomic E-state index is -1.02. The number of rotatable bonds is 31. The summed E-state index contributed by atoms with van der Waals surface area (Å²) in [5.74, 6) is -5.99. The first-order valence-corrected chi connectivity index (χ1v) is 27.7. The van der Waals surface area contributed by atoms with Crippen molar-refractivity contribution in [1.82, 2.24) is 24.9 Å². The highest BCUT2D eigenvalue weighted by Crippen LogP contribution is 2.15. The summed E-state index contributed by atoms with van der Waals surface area (Å²) in [6, 6.07) is 0. The Morgan fingerprint density at radius 1 is 0.404 bits per heavy atom. The van der Waals surface area contributed by atoms with Crippen LogP contribution in [0.4, 0.5) is 0 Å². The van der Waals surface area contributed by atoms with Crippen LogP contribution in [-0.2, 0) is 105 Å². The Bertz CT molecular complexity index is 2590. The summed E-state index contributed by atoms with van der Waals surface area (Å²) < 4.78 is 24.7. The minimum Gasteiger partial charge on any atom is -0.481 e. The molecule has 5 rings (SSSR count). The largest absolute Gasteiger partial charge is 0.481 e. The number of nitrogens with two attached hydrogens (primary N) is 2. The van der Waals surface area contributed by atoms with E-state index in [1.165, 1.54) is 71.9 Å². The number of Topliss-reactive ketones (excluding diaryl/α,β-unsaturated/α-hetero) is 4. The van der Waals surface area contributed by atoms with Crippen molar-refractivity contribution in [3.63, 3.8) is 0 Å². The molecule has 0 saturated carbocycles. The molecule has 0 aromatic rings. The molecular formula is C58H83N7O24. The molecular weight excluding hydrogens is 1180 g/mol. The number of carbonyl (C=O) groups is 17. The Kier molecular flexibility index (Phi) is 42.9. The van der Waals surface area contributed by atoms with Gasteiger partial charge in [0, 0.05) is 130 Å². The van der Waals surface area contributed by atoms with Crippen molar-refractivity contribution in [3.05, 3.63) is 58.2 Å². The Morgan fingerprint density at radius 2 is 0.719 bits per heavy atom. The Balaban J connectivity index is 0. The third kappa shape index (κ3) is 38.2. The number of aliphatic carboxylic acids is 2. The second kappa shape index (κ2) is 46.4. The maximum absolute atomic E-state index is 11.6. The zero-order valence-electron chi connectivity index (χ0n) is 51.8. The molecule has 0 atom stereocenters. The van der Waals surface area contributed by atoms with E-state index >= 15 is 0 Å². The van der Waals surface area contributed by atoms with Gasteiger partial charge < -0.3 is 50.7 Å². The van der Waals surface area contributed by atoms with Gasteiger partial charge in [-0.25, -0.2) is 9.59 Å². The third-order valence-electron chi connectivity index (χ3n) is 11.2. The number of esters is 2. The SMILES string of the molecule is CC(=O)CCN.CC(=O)CCN1C(=O)C=C(C)C1=O.CC(=O)CCOCCOCCN.CC(=O)CCOCCOCCNC(=O)CCN1C(=O)C=C(C)C1=O.CC1=CC(=O)N(CCC(=O)O)C1=O.CC1=CC(=O)N(CCC(=O)O)C1=O.CC1=CC(=O)OC1=O. The van der Waals surface area contributed by atoms with Crippen molar-refractivity contribution in [2.45, 2.75) is 107 Å². The molecule has 0 radical (unpaired) electrons. The highest BCUT2D eigenvalue weighted by Gasteiger charge is 2.31. The van der Waals surface area contributed by atoms with Gasteiger partial charge in [-0.05, 0) is 68.9 Å². The number of ketones is 4. The molecule has 9 amide bonds. The standard InChI is InChI=1S/C16H24N2O6.C9H11NO3.2C8H9NO4.C8H17NO3.C5H4O3.C4H9NO/c1-12-11-15(21)18(16(12)22)6-3-14(20)17-5-8-24-10-9-23-7-4-13(2)19;1-6-5-8(12)10(9(6)13)4-3-7(2)11;2*1-5-4-6(10)9(8(5)13)3-2-7(11)12;1-8(10)2-4-11-6-7-12-5-3-9;1-3-2-4(6)8-5(3)7;1-4(6)2-3-5/h11H,3-10H2,1-2H3,(H,17,20);5H,3-4H2,1-2H3;2*4H,2-3H2,1H3,(H,11,12);2-7,9H2,1H3;2H,1H3;2-3,5H2,1H3. The second-order valence-electron chi connectivity index (χ2n) is 19.2. The van der Waals surface area contributed by atoms with Crippen LogP contribution >= 0.6 is 0 Å². The molecule has 494 valence electrons. The van der Waals surface area contributed by atoms with Crippen molar-refractivity contribution in [3.8, 4) is 0 Å². The fourth-order valence-electron chi connectivity index (χ4n) is 6.45. The molecule has 7 N–H and O–H groups in total. The van der Waals surface area contributed by atoms with E-state index in [1.54, 1.807) is 20.8 Å². The number of hydrogen-bond donors (Lipinski definition) is 5. The van der Waals surface area contributed by atoms with Crippen molar-refractivity contribution >= 4 is 100 Å². The van der Waals surface area contributed by atoms with Crippen LogP contribution in [-0.4, -0.2) is 229 Å². The summed E-state index contributed by atoms with van der Waals surface area (Å²) in [4.78, 5) is 188. The number of carboxylic acids is 2. The number of imide groups is 4. The Hall–Kier alpha value is -8.75. The Morgan fingerprint density at radius 3 is 0.955 bits per heavy atom. The number of nitrogens with zero attached hydrogens (tertiary/aromatic N) is 4. The number of amides is 9. The topological polar surface area (TPSA) is 454 Å². The average molecular weight is 1260 g/mol. The average Bonchev–Trinajstić information content (AvgIpc) is 2.06. The summed E-state index contributed by atoms with van der Waals surface area (Å²) in [6.07, 6.45) is 7.43. The van der Waals surface area contributed by atoms with E-state index in [1.807, 2.05) is 0 Å². The van der Waals surface area contributed by atoms with Crippen LogP contribution < -0.4 is 16.8 Å². The maximum atomic E-state index is 11.6. The van der Waals surface area contributed by atoms with E-state index in [-0.39, 0.29) is 105 Å². The van der Waals surface area contributed by atoms with E-state index in [4.69, 9.17) is 40.6 Å². The summed E-state index contributed by atoms with van der Waals surface area (Å²) in [7, 11) is 0. The zero-order valence-corrected chi connectivity index (χ0v) is 51.8. The fourth-order valence-corrected chi connectivity index (χ4v) is 6.45. The molecule has 0 unspecified atom stereocenters. The van der Waals surface area contributed by atoms with Crippen LogP contribution in [0.1, 0.15) is 107 Å². The van der Waals surface area contributed by atoms with Gasteiger partial charge in [0.15, 0.2) is 0 Å². The minimum absolute atomic E-state index is 0.0230.